The molecule has 0 aliphatic carbocycles. The number of benzene rings is 1. The molecule has 0 bridgehead atoms. The van der Waals surface area contributed by atoms with E-state index in [0.717, 1.165) is 20.3 Å². The van der Waals surface area contributed by atoms with Crippen LogP contribution >= 0.6 is 22.9 Å². The molecule has 1 aromatic heterocycles. The quantitative estimate of drug-likeness (QED) is 0.682. The van der Waals surface area contributed by atoms with E-state index in [9.17, 15) is 4.79 Å². The molecule has 0 amide bonds. The summed E-state index contributed by atoms with van der Waals surface area (Å²) in [5.74, 6) is 0.188. The molecule has 0 spiro atoms. The third kappa shape index (κ3) is 2.82. The number of hydrogen-bond acceptors (Lipinski definition) is 2. The Kier molecular flexibility index (Phi) is 3.60. The Bertz CT molecular complexity index is 561. The zero-order valence-corrected chi connectivity index (χ0v) is 12.2. The first-order valence-corrected chi connectivity index (χ1v) is 6.98. The van der Waals surface area contributed by atoms with Gasteiger partial charge in [-0.1, -0.05) is 44.5 Å². The highest BCUT2D eigenvalue weighted by Crippen LogP contribution is 2.32. The largest absolute Gasteiger partial charge is 0.293 e. The summed E-state index contributed by atoms with van der Waals surface area (Å²) in [7, 11) is 0. The van der Waals surface area contributed by atoms with E-state index < -0.39 is 0 Å². The van der Waals surface area contributed by atoms with Crippen LogP contribution in [0.4, 0.5) is 0 Å². The summed E-state index contributed by atoms with van der Waals surface area (Å²) < 4.78 is 0. The van der Waals surface area contributed by atoms with Crippen molar-refractivity contribution in [1.82, 2.24) is 0 Å². The molecule has 0 aliphatic rings. The van der Waals surface area contributed by atoms with Gasteiger partial charge in [0.05, 0.1) is 4.88 Å². The SMILES string of the molecule is CC(C)(C)C(=O)c1ccc(-c2ccc(Cl)cc2)s1. The fourth-order valence-corrected chi connectivity index (χ4v) is 2.89. The van der Waals surface area contributed by atoms with Crippen LogP contribution in [0.1, 0.15) is 30.4 Å². The van der Waals surface area contributed by atoms with Gasteiger partial charge < -0.3 is 0 Å². The summed E-state index contributed by atoms with van der Waals surface area (Å²) in [5, 5.41) is 0.723. The van der Waals surface area contributed by atoms with E-state index in [2.05, 4.69) is 0 Å². The molecule has 1 heterocycles. The molecule has 1 nitrogen and oxygen atoms in total. The zero-order chi connectivity index (χ0) is 13.3. The summed E-state index contributed by atoms with van der Waals surface area (Å²) in [4.78, 5) is 14.1. The molecule has 0 atom stereocenters. The Balaban J connectivity index is 2.31. The van der Waals surface area contributed by atoms with E-state index >= 15 is 0 Å². The maximum Gasteiger partial charge on any atom is 0.178 e. The number of ketones is 1. The van der Waals surface area contributed by atoms with Crippen LogP contribution in [0.5, 0.6) is 0 Å². The van der Waals surface area contributed by atoms with E-state index in [4.69, 9.17) is 11.6 Å². The topological polar surface area (TPSA) is 17.1 Å². The number of halogens is 1. The maximum absolute atomic E-state index is 12.2. The predicted octanol–water partition coefficient (Wildman–Crippen LogP) is 5.30. The van der Waals surface area contributed by atoms with Gasteiger partial charge in [-0.2, -0.15) is 0 Å². The van der Waals surface area contributed by atoms with Crippen molar-refractivity contribution >= 4 is 28.7 Å². The standard InChI is InChI=1S/C15H15ClOS/c1-15(2,3)14(17)13-9-8-12(18-13)10-4-6-11(16)7-5-10/h4-9H,1-3H3. The molecule has 0 saturated heterocycles. The van der Waals surface area contributed by atoms with Crippen LogP contribution in [0, 0.1) is 5.41 Å². The maximum atomic E-state index is 12.2. The van der Waals surface area contributed by atoms with Gasteiger partial charge in [-0.25, -0.2) is 0 Å². The molecule has 0 saturated carbocycles. The zero-order valence-electron chi connectivity index (χ0n) is 10.7. The normalized spacial score (nSPS) is 11.6. The molecule has 94 valence electrons. The van der Waals surface area contributed by atoms with Gasteiger partial charge in [0.25, 0.3) is 0 Å². The first-order valence-electron chi connectivity index (χ1n) is 5.78. The molecular formula is C15H15ClOS. The smallest absolute Gasteiger partial charge is 0.178 e. The first-order chi connectivity index (χ1) is 8.38. The fourth-order valence-electron chi connectivity index (χ4n) is 1.60. The van der Waals surface area contributed by atoms with Crippen LogP contribution in [0.3, 0.4) is 0 Å². The number of rotatable bonds is 2. The Morgan fingerprint density at radius 3 is 2.22 bits per heavy atom. The van der Waals surface area contributed by atoms with E-state index in [1.165, 1.54) is 11.3 Å². The van der Waals surface area contributed by atoms with Gasteiger partial charge in [0.15, 0.2) is 5.78 Å². The molecule has 0 unspecified atom stereocenters. The van der Waals surface area contributed by atoms with Crippen molar-refractivity contribution in [2.24, 2.45) is 5.41 Å². The fraction of sp³-hybridized carbons (Fsp3) is 0.267. The number of carbonyl (C=O) groups excluding carboxylic acids is 1. The molecule has 18 heavy (non-hydrogen) atoms. The molecule has 1 aromatic carbocycles. The van der Waals surface area contributed by atoms with Gasteiger partial charge in [0.2, 0.25) is 0 Å². The van der Waals surface area contributed by atoms with Gasteiger partial charge in [-0.3, -0.25) is 4.79 Å². The summed E-state index contributed by atoms with van der Waals surface area (Å²) in [5.41, 5.74) is 0.764. The predicted molar refractivity (Wildman–Crippen MR) is 78.6 cm³/mol. The van der Waals surface area contributed by atoms with E-state index in [-0.39, 0.29) is 11.2 Å². The van der Waals surface area contributed by atoms with Gasteiger partial charge in [-0.05, 0) is 29.8 Å². The van der Waals surface area contributed by atoms with Crippen molar-refractivity contribution in [3.8, 4) is 10.4 Å². The second kappa shape index (κ2) is 4.87. The minimum absolute atomic E-state index is 0.188. The van der Waals surface area contributed by atoms with Crippen molar-refractivity contribution < 1.29 is 4.79 Å². The van der Waals surface area contributed by atoms with Crippen molar-refractivity contribution in [3.63, 3.8) is 0 Å². The van der Waals surface area contributed by atoms with E-state index in [0.29, 0.717) is 0 Å². The van der Waals surface area contributed by atoms with Crippen LogP contribution in [0.25, 0.3) is 10.4 Å². The number of thiophene rings is 1. The Morgan fingerprint density at radius 2 is 1.67 bits per heavy atom. The second-order valence-electron chi connectivity index (χ2n) is 5.25. The molecule has 0 aliphatic heterocycles. The molecule has 3 heteroatoms. The lowest BCUT2D eigenvalue weighted by atomic mass is 9.90. The average molecular weight is 279 g/mol. The van der Waals surface area contributed by atoms with Crippen molar-refractivity contribution in [2.45, 2.75) is 20.8 Å². The van der Waals surface area contributed by atoms with Crippen molar-refractivity contribution in [1.29, 1.82) is 0 Å². The highest BCUT2D eigenvalue weighted by atomic mass is 35.5. The van der Waals surface area contributed by atoms with Gasteiger partial charge in [0, 0.05) is 15.3 Å². The minimum atomic E-state index is -0.331. The van der Waals surface area contributed by atoms with Crippen molar-refractivity contribution in [3.05, 3.63) is 46.3 Å². The Morgan fingerprint density at radius 1 is 1.06 bits per heavy atom. The molecule has 0 radical (unpaired) electrons. The van der Waals surface area contributed by atoms with Gasteiger partial charge >= 0.3 is 0 Å². The van der Waals surface area contributed by atoms with Crippen molar-refractivity contribution in [2.75, 3.05) is 0 Å². The lowest BCUT2D eigenvalue weighted by Gasteiger charge is -2.14. The molecule has 0 N–H and O–H groups in total. The molecule has 0 fully saturated rings. The van der Waals surface area contributed by atoms with Crippen LogP contribution in [-0.4, -0.2) is 5.78 Å². The summed E-state index contributed by atoms with van der Waals surface area (Å²) in [6.07, 6.45) is 0. The molecular weight excluding hydrogens is 264 g/mol. The van der Waals surface area contributed by atoms with Crippen LogP contribution in [0.15, 0.2) is 36.4 Å². The lowest BCUT2D eigenvalue weighted by Crippen LogP contribution is -2.18. The van der Waals surface area contributed by atoms with Crippen LogP contribution < -0.4 is 0 Å². The van der Waals surface area contributed by atoms with E-state index in [1.54, 1.807) is 0 Å². The van der Waals surface area contributed by atoms with Crippen LogP contribution in [0.2, 0.25) is 5.02 Å². The second-order valence-corrected chi connectivity index (χ2v) is 6.77. The molecule has 2 rings (SSSR count). The van der Waals surface area contributed by atoms with E-state index in [1.807, 2.05) is 57.2 Å². The summed E-state index contributed by atoms with van der Waals surface area (Å²) in [6.45, 7) is 5.82. The highest BCUT2D eigenvalue weighted by molar-refractivity contribution is 7.17. The first kappa shape index (κ1) is 13.3. The summed E-state index contributed by atoms with van der Waals surface area (Å²) >= 11 is 7.40. The van der Waals surface area contributed by atoms with Crippen LogP contribution in [-0.2, 0) is 0 Å². The molecule has 2 aromatic rings. The number of Topliss-reactive ketones (excluding diaryl/α,β-unsaturated/α-hetero) is 1. The summed E-state index contributed by atoms with van der Waals surface area (Å²) in [6, 6.07) is 11.6. The van der Waals surface area contributed by atoms with Gasteiger partial charge in [0.1, 0.15) is 0 Å². The lowest BCUT2D eigenvalue weighted by molar-refractivity contribution is 0.0863. The number of hydrogen-bond donors (Lipinski definition) is 0. The third-order valence-corrected chi connectivity index (χ3v) is 4.02. The number of carbonyl (C=O) groups is 1. The Hall–Kier alpha value is -1.12. The average Bonchev–Trinajstić information content (AvgIpc) is 2.77. The minimum Gasteiger partial charge on any atom is -0.293 e. The Labute approximate surface area is 116 Å². The highest BCUT2D eigenvalue weighted by Gasteiger charge is 2.24. The third-order valence-electron chi connectivity index (χ3n) is 2.64. The monoisotopic (exact) mass is 278 g/mol. The van der Waals surface area contributed by atoms with Gasteiger partial charge in [-0.15, -0.1) is 11.3 Å².